The number of hydrogen-bond acceptors (Lipinski definition) is 5. The van der Waals surface area contributed by atoms with Crippen molar-refractivity contribution in [2.45, 2.75) is 19.4 Å². The highest BCUT2D eigenvalue weighted by Crippen LogP contribution is 2.34. The summed E-state index contributed by atoms with van der Waals surface area (Å²) in [6.45, 7) is 1.09. The Balaban J connectivity index is 1.65. The summed E-state index contributed by atoms with van der Waals surface area (Å²) >= 11 is 0. The van der Waals surface area contributed by atoms with E-state index in [1.807, 2.05) is 0 Å². The van der Waals surface area contributed by atoms with E-state index < -0.39 is 40.1 Å². The monoisotopic (exact) mass is 424 g/mol. The third-order valence-corrected chi connectivity index (χ3v) is 5.64. The van der Waals surface area contributed by atoms with Crippen LogP contribution in [0.15, 0.2) is 36.4 Å². The predicted molar refractivity (Wildman–Crippen MR) is 102 cm³/mol. The molecule has 0 saturated heterocycles. The molecule has 0 spiro atoms. The number of carbonyl (C=O) groups excluding carboxylic acids is 2. The molecule has 0 saturated carbocycles. The molecule has 1 heterocycles. The fourth-order valence-corrected chi connectivity index (χ4v) is 4.49. The molecule has 2 aromatic rings. The molecule has 1 unspecified atom stereocenters. The highest BCUT2D eigenvalue weighted by atomic mass is 32.2. The van der Waals surface area contributed by atoms with Crippen LogP contribution in [0, 0.1) is 11.6 Å². The molecule has 0 aromatic heterocycles. The molecule has 1 amide bonds. The van der Waals surface area contributed by atoms with Gasteiger partial charge >= 0.3 is 5.97 Å². The number of esters is 1. The summed E-state index contributed by atoms with van der Waals surface area (Å²) in [5, 5.41) is 2.18. The Morgan fingerprint density at radius 2 is 1.93 bits per heavy atom. The van der Waals surface area contributed by atoms with E-state index in [9.17, 15) is 26.8 Å². The average Bonchev–Trinajstić information content (AvgIpc) is 2.97. The van der Waals surface area contributed by atoms with Crippen molar-refractivity contribution in [3.05, 3.63) is 59.2 Å². The van der Waals surface area contributed by atoms with Crippen molar-refractivity contribution in [2.75, 3.05) is 22.5 Å². The molecule has 0 bridgehead atoms. The molecule has 1 aliphatic heterocycles. The number of ether oxygens (including phenoxy) is 1. The van der Waals surface area contributed by atoms with Crippen LogP contribution >= 0.6 is 0 Å². The van der Waals surface area contributed by atoms with Crippen LogP contribution in [0.4, 0.5) is 20.2 Å². The van der Waals surface area contributed by atoms with Crippen molar-refractivity contribution in [1.29, 1.82) is 0 Å². The molecule has 3 rings (SSSR count). The molecule has 1 atom stereocenters. The van der Waals surface area contributed by atoms with Crippen LogP contribution in [0.2, 0.25) is 0 Å². The smallest absolute Gasteiger partial charge is 0.338 e. The topological polar surface area (TPSA) is 92.8 Å². The van der Waals surface area contributed by atoms with Crippen molar-refractivity contribution in [1.82, 2.24) is 0 Å². The van der Waals surface area contributed by atoms with Gasteiger partial charge in [0.25, 0.3) is 5.91 Å². The van der Waals surface area contributed by atoms with Gasteiger partial charge in [0.2, 0.25) is 10.0 Å². The fourth-order valence-electron chi connectivity index (χ4n) is 3.23. The minimum Gasteiger partial charge on any atom is -0.452 e. The number of sulfonamides is 1. The van der Waals surface area contributed by atoms with E-state index in [0.717, 1.165) is 18.4 Å². The maximum atomic E-state index is 13.5. The molecule has 154 valence electrons. The van der Waals surface area contributed by atoms with E-state index in [2.05, 4.69) is 5.32 Å². The van der Waals surface area contributed by atoms with Crippen LogP contribution in [-0.4, -0.2) is 39.2 Å². The molecule has 7 nitrogen and oxygen atoms in total. The second kappa shape index (κ2) is 7.78. The van der Waals surface area contributed by atoms with Crippen molar-refractivity contribution in [3.8, 4) is 0 Å². The number of halogens is 2. The lowest BCUT2D eigenvalue weighted by molar-refractivity contribution is -0.119. The van der Waals surface area contributed by atoms with Gasteiger partial charge in [-0.2, -0.15) is 0 Å². The minimum absolute atomic E-state index is 0.159. The first-order valence-corrected chi connectivity index (χ1v) is 10.5. The predicted octanol–water partition coefficient (Wildman–Crippen LogP) is 2.47. The van der Waals surface area contributed by atoms with Crippen LogP contribution in [-0.2, 0) is 26.0 Å². The maximum absolute atomic E-state index is 13.5. The third-order valence-electron chi connectivity index (χ3n) is 4.37. The third kappa shape index (κ3) is 4.53. The molecule has 0 aliphatic carbocycles. The van der Waals surface area contributed by atoms with Crippen LogP contribution in [0.1, 0.15) is 22.8 Å². The van der Waals surface area contributed by atoms with Gasteiger partial charge in [-0.1, -0.05) is 0 Å². The molecule has 2 aromatic carbocycles. The SMILES string of the molecule is CC1Cc2cc(C(=O)OCC(=O)Nc3ccc(F)cc3F)ccc2N1S(C)(=O)=O. The summed E-state index contributed by atoms with van der Waals surface area (Å²) in [7, 11) is -3.45. The largest absolute Gasteiger partial charge is 0.452 e. The second-order valence-electron chi connectivity index (χ2n) is 6.70. The van der Waals surface area contributed by atoms with E-state index in [-0.39, 0.29) is 17.3 Å². The number of benzene rings is 2. The van der Waals surface area contributed by atoms with Gasteiger partial charge in [0.1, 0.15) is 11.6 Å². The second-order valence-corrected chi connectivity index (χ2v) is 8.56. The first-order chi connectivity index (χ1) is 13.6. The number of nitrogens with zero attached hydrogens (tertiary/aromatic N) is 1. The van der Waals surface area contributed by atoms with Crippen molar-refractivity contribution >= 4 is 33.3 Å². The quantitative estimate of drug-likeness (QED) is 0.745. The lowest BCUT2D eigenvalue weighted by Crippen LogP contribution is -2.34. The number of rotatable bonds is 5. The van der Waals surface area contributed by atoms with Gasteiger partial charge < -0.3 is 10.1 Å². The summed E-state index contributed by atoms with van der Waals surface area (Å²) in [6, 6.07) is 6.83. The number of anilines is 2. The van der Waals surface area contributed by atoms with E-state index in [1.54, 1.807) is 6.92 Å². The van der Waals surface area contributed by atoms with Gasteiger partial charge in [-0.25, -0.2) is 22.0 Å². The number of hydrogen-bond donors (Lipinski definition) is 1. The van der Waals surface area contributed by atoms with E-state index >= 15 is 0 Å². The lowest BCUT2D eigenvalue weighted by Gasteiger charge is -2.21. The lowest BCUT2D eigenvalue weighted by atomic mass is 10.1. The van der Waals surface area contributed by atoms with Gasteiger partial charge in [-0.15, -0.1) is 0 Å². The Bertz CT molecular complexity index is 1090. The first kappa shape index (κ1) is 20.7. The van der Waals surface area contributed by atoms with Gasteiger partial charge in [0.05, 0.1) is 23.2 Å². The number of amides is 1. The summed E-state index contributed by atoms with van der Waals surface area (Å²) in [6.07, 6.45) is 1.55. The zero-order chi connectivity index (χ0) is 21.3. The Labute approximate surface area is 166 Å². The summed E-state index contributed by atoms with van der Waals surface area (Å²) < 4.78 is 56.5. The Kier molecular flexibility index (Phi) is 5.56. The molecule has 0 radical (unpaired) electrons. The molecule has 1 N–H and O–H groups in total. The highest BCUT2D eigenvalue weighted by molar-refractivity contribution is 7.92. The van der Waals surface area contributed by atoms with Crippen LogP contribution in [0.5, 0.6) is 0 Å². The standard InChI is InChI=1S/C19H18F2N2O5S/c1-11-7-13-8-12(3-6-17(13)23(11)29(2,26)27)19(25)28-10-18(24)22-16-5-4-14(20)9-15(16)21/h3-6,8-9,11H,7,10H2,1-2H3,(H,22,24). The van der Waals surface area contributed by atoms with Gasteiger partial charge in [0, 0.05) is 12.1 Å². The molecule has 1 aliphatic rings. The average molecular weight is 424 g/mol. The molecule has 0 fully saturated rings. The Hall–Kier alpha value is -3.01. The molecule has 29 heavy (non-hydrogen) atoms. The Morgan fingerprint density at radius 1 is 1.21 bits per heavy atom. The maximum Gasteiger partial charge on any atom is 0.338 e. The van der Waals surface area contributed by atoms with Crippen molar-refractivity contribution < 1.29 is 31.5 Å². The Morgan fingerprint density at radius 3 is 2.59 bits per heavy atom. The van der Waals surface area contributed by atoms with Crippen LogP contribution in [0.3, 0.4) is 0 Å². The zero-order valence-electron chi connectivity index (χ0n) is 15.6. The molecule has 10 heteroatoms. The van der Waals surface area contributed by atoms with Crippen molar-refractivity contribution in [2.24, 2.45) is 0 Å². The summed E-state index contributed by atoms with van der Waals surface area (Å²) in [5.74, 6) is -3.31. The van der Waals surface area contributed by atoms with Crippen LogP contribution < -0.4 is 9.62 Å². The van der Waals surface area contributed by atoms with E-state index in [4.69, 9.17) is 4.74 Å². The van der Waals surface area contributed by atoms with Crippen molar-refractivity contribution in [3.63, 3.8) is 0 Å². The molecular formula is C19H18F2N2O5S. The zero-order valence-corrected chi connectivity index (χ0v) is 16.4. The number of nitrogens with one attached hydrogen (secondary N) is 1. The van der Waals surface area contributed by atoms with Gasteiger partial charge in [-0.05, 0) is 49.2 Å². The van der Waals surface area contributed by atoms with Gasteiger partial charge in [-0.3, -0.25) is 9.10 Å². The summed E-state index contributed by atoms with van der Waals surface area (Å²) in [4.78, 5) is 24.1. The van der Waals surface area contributed by atoms with Gasteiger partial charge in [0.15, 0.2) is 6.61 Å². The van der Waals surface area contributed by atoms with E-state index in [1.165, 1.54) is 22.5 Å². The van der Waals surface area contributed by atoms with Crippen LogP contribution in [0.25, 0.3) is 0 Å². The summed E-state index contributed by atoms with van der Waals surface area (Å²) in [5.41, 5.74) is 1.10. The van der Waals surface area contributed by atoms with E-state index in [0.29, 0.717) is 23.7 Å². The minimum atomic E-state index is -3.45. The number of fused-ring (bicyclic) bond motifs is 1. The fraction of sp³-hybridized carbons (Fsp3) is 0.263. The first-order valence-electron chi connectivity index (χ1n) is 8.60. The molecular weight excluding hydrogens is 406 g/mol. The highest BCUT2D eigenvalue weighted by Gasteiger charge is 2.33. The normalized spacial score (nSPS) is 15.7. The number of carbonyl (C=O) groups is 2.